The average molecular weight is 847 g/mol. The van der Waals surface area contributed by atoms with E-state index in [1.807, 2.05) is 27.7 Å². The van der Waals surface area contributed by atoms with Gasteiger partial charge in [0.15, 0.2) is 11.5 Å². The molecule has 1 aliphatic carbocycles. The summed E-state index contributed by atoms with van der Waals surface area (Å²) in [5.41, 5.74) is 7.12. The van der Waals surface area contributed by atoms with Crippen LogP contribution in [0.4, 0.5) is 23.4 Å². The van der Waals surface area contributed by atoms with Gasteiger partial charge in [0.05, 0.1) is 57.0 Å². The number of hydrogen-bond donors (Lipinski definition) is 2. The average Bonchev–Trinajstić information content (AvgIpc) is 3.43. The number of alkyl halides is 2. The van der Waals surface area contributed by atoms with E-state index in [9.17, 15) is 26.0 Å². The normalized spacial score (nSPS) is 19.2. The van der Waals surface area contributed by atoms with Crippen molar-refractivity contribution in [2.45, 2.75) is 102 Å². The van der Waals surface area contributed by atoms with Crippen LogP contribution in [0.15, 0.2) is 41.2 Å². The fourth-order valence-corrected chi connectivity index (χ4v) is 9.43. The second kappa shape index (κ2) is 15.1. The molecule has 4 heterocycles. The van der Waals surface area contributed by atoms with E-state index >= 15 is 4.79 Å². The molecule has 0 radical (unpaired) electrons. The number of halogens is 5. The summed E-state index contributed by atoms with van der Waals surface area (Å²) in [6.07, 6.45) is 0.667. The van der Waals surface area contributed by atoms with Gasteiger partial charge in [0.1, 0.15) is 17.5 Å². The van der Waals surface area contributed by atoms with Crippen LogP contribution < -0.4 is 16.0 Å². The number of nitrogens with zero attached hydrogens (tertiary/aromatic N) is 6. The molecule has 2 aliphatic rings. The van der Waals surface area contributed by atoms with E-state index in [2.05, 4.69) is 9.62 Å². The molecule has 0 bridgehead atoms. The molecule has 12 nitrogen and oxygen atoms in total. The van der Waals surface area contributed by atoms with E-state index in [0.29, 0.717) is 36.4 Å². The van der Waals surface area contributed by atoms with Gasteiger partial charge in [-0.1, -0.05) is 11.6 Å². The minimum atomic E-state index is -3.87. The molecule has 1 saturated heterocycles. The lowest BCUT2D eigenvalue weighted by Gasteiger charge is -2.47. The highest BCUT2D eigenvalue weighted by molar-refractivity contribution is 7.92. The topological polar surface area (TPSA) is 150 Å². The molecule has 5 aromatic rings. The summed E-state index contributed by atoms with van der Waals surface area (Å²) >= 11 is 6.82. The zero-order valence-electron chi connectivity index (χ0n) is 33.2. The fourth-order valence-electron chi connectivity index (χ4n) is 8.69. The number of nitrogens with two attached hydrogens (primary N) is 1. The maximum absolute atomic E-state index is 15.0. The number of fused-ring (bicyclic) bond motifs is 2. The van der Waals surface area contributed by atoms with Crippen LogP contribution in [0.3, 0.4) is 0 Å². The Morgan fingerprint density at radius 3 is 2.24 bits per heavy atom. The molecular weight excluding hydrogens is 800 g/mol. The Bertz CT molecular complexity index is 2550. The van der Waals surface area contributed by atoms with Crippen molar-refractivity contribution >= 4 is 49.4 Å². The Kier molecular flexibility index (Phi) is 11.0. The van der Waals surface area contributed by atoms with Crippen LogP contribution in [0.2, 0.25) is 5.02 Å². The molecule has 2 fully saturated rings. The van der Waals surface area contributed by atoms with E-state index in [4.69, 9.17) is 37.1 Å². The Morgan fingerprint density at radius 1 is 0.983 bits per heavy atom. The van der Waals surface area contributed by atoms with Crippen molar-refractivity contribution in [2.75, 3.05) is 30.6 Å². The molecule has 3 N–H and O–H groups in total. The predicted octanol–water partition coefficient (Wildman–Crippen LogP) is 7.17. The number of benzene rings is 2. The van der Waals surface area contributed by atoms with Gasteiger partial charge in [-0.15, -0.1) is 0 Å². The number of ether oxygens (including phenoxy) is 1. The number of morpholine rings is 1. The van der Waals surface area contributed by atoms with Crippen LogP contribution in [0.25, 0.3) is 27.6 Å². The lowest BCUT2D eigenvalue weighted by molar-refractivity contribution is -0.180. The van der Waals surface area contributed by atoms with Gasteiger partial charge in [-0.3, -0.25) is 23.7 Å². The molecule has 3 aromatic heterocycles. The van der Waals surface area contributed by atoms with Gasteiger partial charge in [-0.05, 0) is 95.3 Å². The molecule has 1 atom stereocenters. The number of nitrogens with one attached hydrogen (secondary N) is 1. The first kappa shape index (κ1) is 42.0. The highest BCUT2D eigenvalue weighted by Crippen LogP contribution is 2.41. The van der Waals surface area contributed by atoms with Gasteiger partial charge >= 0.3 is 0 Å². The number of hydrogen-bond acceptors (Lipinski definition) is 9. The Balaban J connectivity index is 1.44. The first-order valence-corrected chi connectivity index (χ1v) is 21.4. The monoisotopic (exact) mass is 846 g/mol. The molecule has 0 amide bonds. The lowest BCUT2D eigenvalue weighted by Crippen LogP contribution is -2.57. The third-order valence-electron chi connectivity index (χ3n) is 10.7. The van der Waals surface area contributed by atoms with Gasteiger partial charge in [-0.2, -0.15) is 5.10 Å². The zero-order valence-corrected chi connectivity index (χ0v) is 34.7. The summed E-state index contributed by atoms with van der Waals surface area (Å²) < 4.78 is 93.9. The predicted molar refractivity (Wildman–Crippen MR) is 215 cm³/mol. The second-order valence-electron chi connectivity index (χ2n) is 17.0. The molecule has 2 aromatic carbocycles. The standard InChI is InChI=1S/C40H47ClF4N8O4S/c1-22-15-29(24-9-11-40(44,45)12-10-24)47-34-31(22)37(54)53(36(48-34)28(46)18-23-16-25(42)19-26(43)17-23)30-8-7-27(41)32-33(30)52(49-35(32)50-58(6,55)56)14-13-51-20-38(2,3)57-39(4,5)21-51/h7-8,15-17,19,24,28H,9-14,18,20-21,46H2,1-6H3,(H,49,50)/t28-/m0/s1. The first-order chi connectivity index (χ1) is 27.0. The summed E-state index contributed by atoms with van der Waals surface area (Å²) in [6.45, 7) is 11.6. The summed E-state index contributed by atoms with van der Waals surface area (Å²) in [6, 6.07) is 6.68. The largest absolute Gasteiger partial charge is 0.367 e. The van der Waals surface area contributed by atoms with Gasteiger partial charge in [-0.25, -0.2) is 35.9 Å². The third kappa shape index (κ3) is 8.88. The van der Waals surface area contributed by atoms with E-state index in [1.165, 1.54) is 10.6 Å². The maximum Gasteiger partial charge on any atom is 0.268 e. The Labute approximate surface area is 338 Å². The van der Waals surface area contributed by atoms with Crippen LogP contribution in [0.1, 0.15) is 88.0 Å². The number of pyridine rings is 1. The number of aromatic nitrogens is 5. The van der Waals surface area contributed by atoms with E-state index in [1.54, 1.807) is 23.7 Å². The molecule has 1 aliphatic heterocycles. The van der Waals surface area contributed by atoms with Crippen molar-refractivity contribution < 1.29 is 30.7 Å². The minimum absolute atomic E-state index is 0.0212. The highest BCUT2D eigenvalue weighted by atomic mass is 35.5. The van der Waals surface area contributed by atoms with Crippen molar-refractivity contribution in [3.63, 3.8) is 0 Å². The number of sulfonamides is 1. The number of anilines is 1. The molecule has 58 heavy (non-hydrogen) atoms. The van der Waals surface area contributed by atoms with E-state index in [-0.39, 0.29) is 88.9 Å². The van der Waals surface area contributed by atoms with E-state index < -0.39 is 50.4 Å². The summed E-state index contributed by atoms with van der Waals surface area (Å²) in [5, 5.41) is 5.19. The smallest absolute Gasteiger partial charge is 0.268 e. The summed E-state index contributed by atoms with van der Waals surface area (Å²) in [7, 11) is -3.87. The number of aryl methyl sites for hydroxylation is 1. The molecule has 0 unspecified atom stereocenters. The van der Waals surface area contributed by atoms with Gasteiger partial charge < -0.3 is 10.5 Å². The third-order valence-corrected chi connectivity index (χ3v) is 11.5. The Morgan fingerprint density at radius 2 is 1.62 bits per heavy atom. The fraction of sp³-hybridized carbons (Fsp3) is 0.500. The van der Waals surface area contributed by atoms with E-state index in [0.717, 1.165) is 24.5 Å². The quantitative estimate of drug-likeness (QED) is 0.140. The minimum Gasteiger partial charge on any atom is -0.367 e. The SMILES string of the molecule is Cc1cc(C2CCC(F)(F)CC2)nc2nc([C@@H](N)Cc3cc(F)cc(F)c3)n(-c3ccc(Cl)c4c(NS(C)(=O)=O)nn(CCN5CC(C)(C)OC(C)(C)C5)c34)c(=O)c12. The molecule has 0 spiro atoms. The van der Waals surface area contributed by atoms with Gasteiger partial charge in [0.2, 0.25) is 15.9 Å². The summed E-state index contributed by atoms with van der Waals surface area (Å²) in [5.74, 6) is -4.75. The van der Waals surface area contributed by atoms with Crippen molar-refractivity contribution in [1.29, 1.82) is 0 Å². The first-order valence-electron chi connectivity index (χ1n) is 19.1. The van der Waals surface area contributed by atoms with Crippen molar-refractivity contribution in [3.8, 4) is 5.69 Å². The lowest BCUT2D eigenvalue weighted by atomic mass is 9.84. The zero-order chi connectivity index (χ0) is 42.1. The molecular formula is C40H47ClF4N8O4S. The molecule has 7 rings (SSSR count). The molecule has 1 saturated carbocycles. The maximum atomic E-state index is 15.0. The van der Waals surface area contributed by atoms with Crippen molar-refractivity contribution in [1.82, 2.24) is 29.2 Å². The van der Waals surface area contributed by atoms with Gasteiger partial charge in [0.25, 0.3) is 5.56 Å². The Hall–Kier alpha value is -4.16. The van der Waals surface area contributed by atoms with Crippen LogP contribution in [0, 0.1) is 18.6 Å². The number of rotatable bonds is 10. The summed E-state index contributed by atoms with van der Waals surface area (Å²) in [4.78, 5) is 26.9. The second-order valence-corrected chi connectivity index (χ2v) is 19.1. The molecule has 312 valence electrons. The van der Waals surface area contributed by atoms with Crippen molar-refractivity contribution in [2.24, 2.45) is 5.73 Å². The van der Waals surface area contributed by atoms with Crippen LogP contribution >= 0.6 is 11.6 Å². The highest BCUT2D eigenvalue weighted by Gasteiger charge is 2.39. The van der Waals surface area contributed by atoms with Crippen LogP contribution in [-0.4, -0.2) is 80.6 Å². The van der Waals surface area contributed by atoms with Crippen LogP contribution in [0.5, 0.6) is 0 Å². The van der Waals surface area contributed by atoms with Gasteiger partial charge in [0, 0.05) is 50.2 Å². The van der Waals surface area contributed by atoms with Crippen molar-refractivity contribution in [3.05, 3.63) is 86.1 Å². The van der Waals surface area contributed by atoms with Crippen LogP contribution in [-0.2, 0) is 27.7 Å². The molecule has 18 heteroatoms.